The first-order chi connectivity index (χ1) is 12.7. The number of ether oxygens (including phenoxy) is 1. The van der Waals surface area contributed by atoms with Crippen molar-refractivity contribution in [3.8, 4) is 5.75 Å². The summed E-state index contributed by atoms with van der Waals surface area (Å²) >= 11 is 0. The van der Waals surface area contributed by atoms with Gasteiger partial charge >= 0.3 is 11.8 Å². The van der Waals surface area contributed by atoms with Gasteiger partial charge in [0.1, 0.15) is 5.75 Å². The number of unbranched alkanes of at least 4 members (excludes halogenated alkanes) is 1. The lowest BCUT2D eigenvalue weighted by Gasteiger charge is -2.08. The Morgan fingerprint density at radius 3 is 2.35 bits per heavy atom. The van der Waals surface area contributed by atoms with Crippen molar-refractivity contribution in [2.24, 2.45) is 0 Å². The zero-order valence-electron chi connectivity index (χ0n) is 15.2. The molecule has 0 saturated carbocycles. The smallest absolute Gasteiger partial charge is 0.313 e. The van der Waals surface area contributed by atoms with Gasteiger partial charge in [0.2, 0.25) is 0 Å². The third-order valence-electron chi connectivity index (χ3n) is 3.81. The van der Waals surface area contributed by atoms with Crippen LogP contribution in [-0.4, -0.2) is 25.0 Å². The molecule has 0 aromatic heterocycles. The summed E-state index contributed by atoms with van der Waals surface area (Å²) in [6.45, 7) is 3.18. The van der Waals surface area contributed by atoms with Crippen molar-refractivity contribution < 1.29 is 14.3 Å². The molecule has 2 aromatic rings. The highest BCUT2D eigenvalue weighted by molar-refractivity contribution is 6.39. The molecular weight excluding hydrogens is 328 g/mol. The predicted molar refractivity (Wildman–Crippen MR) is 103 cm³/mol. The molecule has 0 fully saturated rings. The maximum Gasteiger partial charge on any atom is 0.313 e. The molecule has 0 aliphatic heterocycles. The molecule has 2 rings (SSSR count). The van der Waals surface area contributed by atoms with E-state index in [1.807, 2.05) is 25.1 Å². The topological polar surface area (TPSA) is 67.4 Å². The normalized spacial score (nSPS) is 10.2. The Balaban J connectivity index is 1.64. The lowest BCUT2D eigenvalue weighted by Crippen LogP contribution is -2.35. The van der Waals surface area contributed by atoms with E-state index in [4.69, 9.17) is 4.74 Å². The summed E-state index contributed by atoms with van der Waals surface area (Å²) in [5.41, 5.74) is 1.85. The average molecular weight is 354 g/mol. The lowest BCUT2D eigenvalue weighted by atomic mass is 10.1. The van der Waals surface area contributed by atoms with Crippen LogP contribution in [0.1, 0.15) is 31.7 Å². The van der Waals surface area contributed by atoms with Crippen molar-refractivity contribution in [2.75, 3.05) is 18.5 Å². The third kappa shape index (κ3) is 6.97. The number of benzene rings is 2. The molecule has 5 heteroatoms. The van der Waals surface area contributed by atoms with E-state index in [2.05, 4.69) is 22.8 Å². The fraction of sp³-hybridized carbons (Fsp3) is 0.333. The second kappa shape index (κ2) is 10.9. The summed E-state index contributed by atoms with van der Waals surface area (Å²) < 4.78 is 5.48. The number of hydrogen-bond donors (Lipinski definition) is 2. The number of hydrogen-bond acceptors (Lipinski definition) is 3. The van der Waals surface area contributed by atoms with Gasteiger partial charge in [0.25, 0.3) is 0 Å². The fourth-order valence-electron chi connectivity index (χ4n) is 2.42. The second-order valence-corrected chi connectivity index (χ2v) is 6.03. The predicted octanol–water partition coefficient (Wildman–Crippen LogP) is 3.55. The van der Waals surface area contributed by atoms with Crippen LogP contribution in [0.3, 0.4) is 0 Å². The highest BCUT2D eigenvalue weighted by Crippen LogP contribution is 2.15. The van der Waals surface area contributed by atoms with Gasteiger partial charge in [0, 0.05) is 12.2 Å². The molecule has 0 aliphatic carbocycles. The van der Waals surface area contributed by atoms with Crippen LogP contribution in [0.15, 0.2) is 54.6 Å². The van der Waals surface area contributed by atoms with Crippen LogP contribution in [-0.2, 0) is 16.0 Å². The van der Waals surface area contributed by atoms with Crippen molar-refractivity contribution in [2.45, 2.75) is 32.6 Å². The van der Waals surface area contributed by atoms with Gasteiger partial charge < -0.3 is 15.4 Å². The Morgan fingerprint density at radius 2 is 1.65 bits per heavy atom. The first-order valence-corrected chi connectivity index (χ1v) is 9.05. The van der Waals surface area contributed by atoms with Crippen LogP contribution < -0.4 is 15.4 Å². The highest BCUT2D eigenvalue weighted by atomic mass is 16.5. The molecule has 0 unspecified atom stereocenters. The zero-order chi connectivity index (χ0) is 18.6. The largest absolute Gasteiger partial charge is 0.494 e. The molecule has 0 aliphatic rings. The summed E-state index contributed by atoms with van der Waals surface area (Å²) in [7, 11) is 0. The van der Waals surface area contributed by atoms with E-state index >= 15 is 0 Å². The lowest BCUT2D eigenvalue weighted by molar-refractivity contribution is -0.136. The standard InChI is InChI=1S/C21H26N2O3/c1-2-16-26-19-13-11-18(12-14-19)23-21(25)20(24)22-15-7-6-10-17-8-4-3-5-9-17/h3-5,8-9,11-14H,2,6-7,10,15-16H2,1H3,(H,22,24)(H,23,25). The van der Waals surface area contributed by atoms with Crippen molar-refractivity contribution >= 4 is 17.5 Å². The summed E-state index contributed by atoms with van der Waals surface area (Å²) in [5.74, 6) is -0.529. The van der Waals surface area contributed by atoms with Gasteiger partial charge in [0.15, 0.2) is 0 Å². The molecule has 0 bridgehead atoms. The Kier molecular flexibility index (Phi) is 8.19. The monoisotopic (exact) mass is 354 g/mol. The maximum absolute atomic E-state index is 11.9. The average Bonchev–Trinajstić information content (AvgIpc) is 2.67. The van der Waals surface area contributed by atoms with E-state index in [0.717, 1.165) is 31.4 Å². The first kappa shape index (κ1) is 19.5. The molecule has 2 amide bonds. The highest BCUT2D eigenvalue weighted by Gasteiger charge is 2.12. The molecule has 0 radical (unpaired) electrons. The van der Waals surface area contributed by atoms with Crippen molar-refractivity contribution in [3.05, 3.63) is 60.2 Å². The molecule has 2 N–H and O–H groups in total. The quantitative estimate of drug-likeness (QED) is 0.534. The third-order valence-corrected chi connectivity index (χ3v) is 3.81. The minimum atomic E-state index is -0.657. The van der Waals surface area contributed by atoms with Gasteiger partial charge in [-0.25, -0.2) is 0 Å². The summed E-state index contributed by atoms with van der Waals surface area (Å²) in [6.07, 6.45) is 3.70. The van der Waals surface area contributed by atoms with Crippen molar-refractivity contribution in [1.82, 2.24) is 5.32 Å². The van der Waals surface area contributed by atoms with Gasteiger partial charge in [-0.05, 0) is 55.5 Å². The number of carbonyl (C=O) groups is 2. The van der Waals surface area contributed by atoms with E-state index in [9.17, 15) is 9.59 Å². The molecule has 0 heterocycles. The molecule has 5 nitrogen and oxygen atoms in total. The second-order valence-electron chi connectivity index (χ2n) is 6.03. The number of anilines is 1. The van der Waals surface area contributed by atoms with Crippen LogP contribution in [0.25, 0.3) is 0 Å². The van der Waals surface area contributed by atoms with Crippen molar-refractivity contribution in [3.63, 3.8) is 0 Å². The number of aryl methyl sites for hydroxylation is 1. The van der Waals surface area contributed by atoms with Crippen LogP contribution in [0.5, 0.6) is 5.75 Å². The van der Waals surface area contributed by atoms with E-state index in [1.54, 1.807) is 24.3 Å². The number of carbonyl (C=O) groups excluding carboxylic acids is 2. The van der Waals surface area contributed by atoms with Crippen LogP contribution >= 0.6 is 0 Å². The van der Waals surface area contributed by atoms with Crippen LogP contribution in [0.4, 0.5) is 5.69 Å². The van der Waals surface area contributed by atoms with Crippen LogP contribution in [0, 0.1) is 0 Å². The van der Waals surface area contributed by atoms with Crippen LogP contribution in [0.2, 0.25) is 0 Å². The Hall–Kier alpha value is -2.82. The van der Waals surface area contributed by atoms with E-state index in [1.165, 1.54) is 5.56 Å². The SMILES string of the molecule is CCCOc1ccc(NC(=O)C(=O)NCCCCc2ccccc2)cc1. The molecule has 0 saturated heterocycles. The van der Waals surface area contributed by atoms with Gasteiger partial charge in [0.05, 0.1) is 6.61 Å². The zero-order valence-corrected chi connectivity index (χ0v) is 15.2. The molecule has 138 valence electrons. The first-order valence-electron chi connectivity index (χ1n) is 9.05. The maximum atomic E-state index is 11.9. The summed E-state index contributed by atoms with van der Waals surface area (Å²) in [6, 6.07) is 17.2. The Labute approximate surface area is 154 Å². The molecule has 0 atom stereocenters. The fourth-order valence-corrected chi connectivity index (χ4v) is 2.42. The Morgan fingerprint density at radius 1 is 0.923 bits per heavy atom. The van der Waals surface area contributed by atoms with Gasteiger partial charge in [-0.2, -0.15) is 0 Å². The van der Waals surface area contributed by atoms with Crippen molar-refractivity contribution in [1.29, 1.82) is 0 Å². The minimum Gasteiger partial charge on any atom is -0.494 e. The van der Waals surface area contributed by atoms with Gasteiger partial charge in [-0.1, -0.05) is 37.3 Å². The number of nitrogens with one attached hydrogen (secondary N) is 2. The van der Waals surface area contributed by atoms with E-state index in [-0.39, 0.29) is 0 Å². The number of rotatable bonds is 9. The molecule has 2 aromatic carbocycles. The Bertz CT molecular complexity index is 684. The molecule has 26 heavy (non-hydrogen) atoms. The number of amides is 2. The summed E-state index contributed by atoms with van der Waals surface area (Å²) in [5, 5.41) is 5.24. The van der Waals surface area contributed by atoms with E-state index in [0.29, 0.717) is 18.8 Å². The van der Waals surface area contributed by atoms with Gasteiger partial charge in [-0.15, -0.1) is 0 Å². The molecular formula is C21H26N2O3. The van der Waals surface area contributed by atoms with Gasteiger partial charge in [-0.3, -0.25) is 9.59 Å². The summed E-state index contributed by atoms with van der Waals surface area (Å²) in [4.78, 5) is 23.7. The minimum absolute atomic E-state index is 0.489. The molecule has 0 spiro atoms. The van der Waals surface area contributed by atoms with E-state index < -0.39 is 11.8 Å².